The summed E-state index contributed by atoms with van der Waals surface area (Å²) in [5.41, 5.74) is 0.337. The van der Waals surface area contributed by atoms with E-state index in [9.17, 15) is 13.2 Å². The van der Waals surface area contributed by atoms with Gasteiger partial charge in [-0.2, -0.15) is 4.31 Å². The molecule has 0 unspecified atom stereocenters. The highest BCUT2D eigenvalue weighted by molar-refractivity contribution is 7.91. The Labute approximate surface area is 152 Å². The Morgan fingerprint density at radius 3 is 2.20 bits per heavy atom. The molecular formula is C18H22N2O3S2. The van der Waals surface area contributed by atoms with Crippen LogP contribution < -0.4 is 0 Å². The van der Waals surface area contributed by atoms with Crippen molar-refractivity contribution in [3.05, 3.63) is 53.4 Å². The zero-order valence-electron chi connectivity index (χ0n) is 14.4. The number of piperazine rings is 1. The number of sulfonamides is 1. The lowest BCUT2D eigenvalue weighted by Gasteiger charge is -2.38. The number of hydrogen-bond acceptors (Lipinski definition) is 4. The van der Waals surface area contributed by atoms with Crippen molar-refractivity contribution >= 4 is 27.3 Å². The second-order valence-corrected chi connectivity index (χ2v) is 9.73. The van der Waals surface area contributed by atoms with Crippen molar-refractivity contribution in [1.29, 1.82) is 0 Å². The molecule has 1 aromatic carbocycles. The molecule has 25 heavy (non-hydrogen) atoms. The molecule has 0 radical (unpaired) electrons. The van der Waals surface area contributed by atoms with Gasteiger partial charge in [-0.3, -0.25) is 4.79 Å². The summed E-state index contributed by atoms with van der Waals surface area (Å²) in [6.45, 7) is 5.33. The number of carbonyl (C=O) groups is 1. The summed E-state index contributed by atoms with van der Waals surface area (Å²) in [5.74, 6) is 0.0341. The fourth-order valence-electron chi connectivity index (χ4n) is 3.04. The quantitative estimate of drug-likeness (QED) is 0.822. The van der Waals surface area contributed by atoms with E-state index in [1.807, 2.05) is 44.2 Å². The lowest BCUT2D eigenvalue weighted by atomic mass is 9.83. The third kappa shape index (κ3) is 3.49. The molecule has 0 atom stereocenters. The third-order valence-electron chi connectivity index (χ3n) is 4.65. The van der Waals surface area contributed by atoms with E-state index >= 15 is 0 Å². The molecule has 1 aromatic heterocycles. The smallest absolute Gasteiger partial charge is 0.252 e. The maximum absolute atomic E-state index is 13.0. The number of hydrogen-bond donors (Lipinski definition) is 0. The number of amides is 1. The molecule has 2 aromatic rings. The van der Waals surface area contributed by atoms with E-state index < -0.39 is 15.4 Å². The van der Waals surface area contributed by atoms with Crippen molar-refractivity contribution in [3.8, 4) is 0 Å². The van der Waals surface area contributed by atoms with Crippen LogP contribution >= 0.6 is 11.3 Å². The monoisotopic (exact) mass is 378 g/mol. The first-order valence-corrected chi connectivity index (χ1v) is 10.5. The Hall–Kier alpha value is -1.70. The average molecular weight is 379 g/mol. The normalized spacial score (nSPS) is 16.8. The van der Waals surface area contributed by atoms with Crippen LogP contribution in [0.3, 0.4) is 0 Å². The van der Waals surface area contributed by atoms with Gasteiger partial charge in [0.1, 0.15) is 4.21 Å². The molecule has 134 valence electrons. The van der Waals surface area contributed by atoms with Gasteiger partial charge < -0.3 is 4.90 Å². The lowest BCUT2D eigenvalue weighted by molar-refractivity contribution is -0.137. The molecule has 2 heterocycles. The highest BCUT2D eigenvalue weighted by Crippen LogP contribution is 2.27. The number of carbonyl (C=O) groups excluding carboxylic acids is 1. The Morgan fingerprint density at radius 2 is 1.64 bits per heavy atom. The van der Waals surface area contributed by atoms with E-state index in [4.69, 9.17) is 0 Å². The summed E-state index contributed by atoms with van der Waals surface area (Å²) < 4.78 is 27.0. The summed E-state index contributed by atoms with van der Waals surface area (Å²) in [6, 6.07) is 13.0. The predicted octanol–water partition coefficient (Wildman–Crippen LogP) is 2.56. The minimum atomic E-state index is -3.44. The first kappa shape index (κ1) is 18.1. The molecular weight excluding hydrogens is 356 g/mol. The standard InChI is InChI=1S/C18H22N2O3S2/c1-18(2,15-7-4-3-5-8-15)17(21)19-10-12-20(13-11-19)25(22,23)16-9-6-14-24-16/h3-9,14H,10-13H2,1-2H3. The molecule has 0 bridgehead atoms. The molecule has 5 nitrogen and oxygen atoms in total. The Balaban J connectivity index is 1.69. The molecule has 3 rings (SSSR count). The van der Waals surface area contributed by atoms with Gasteiger partial charge in [0.25, 0.3) is 10.0 Å². The van der Waals surface area contributed by atoms with Gasteiger partial charge in [-0.25, -0.2) is 8.42 Å². The molecule has 7 heteroatoms. The Kier molecular flexibility index (Phi) is 4.99. The van der Waals surface area contributed by atoms with Gasteiger partial charge in [0, 0.05) is 26.2 Å². The van der Waals surface area contributed by atoms with Crippen molar-refractivity contribution in [3.63, 3.8) is 0 Å². The minimum absolute atomic E-state index is 0.0341. The van der Waals surface area contributed by atoms with Crippen LogP contribution in [0.2, 0.25) is 0 Å². The van der Waals surface area contributed by atoms with Crippen LogP contribution in [0.1, 0.15) is 19.4 Å². The number of rotatable bonds is 4. The molecule has 0 saturated carbocycles. The van der Waals surface area contributed by atoms with Crippen LogP contribution in [0.4, 0.5) is 0 Å². The number of benzene rings is 1. The van der Waals surface area contributed by atoms with E-state index in [0.717, 1.165) is 5.56 Å². The largest absolute Gasteiger partial charge is 0.339 e. The van der Waals surface area contributed by atoms with Crippen molar-refractivity contribution in [2.45, 2.75) is 23.5 Å². The van der Waals surface area contributed by atoms with Crippen molar-refractivity contribution < 1.29 is 13.2 Å². The Bertz CT molecular complexity index is 822. The SMILES string of the molecule is CC(C)(C(=O)N1CCN(S(=O)(=O)c2cccs2)CC1)c1ccccc1. The maximum atomic E-state index is 13.0. The second-order valence-electron chi connectivity index (χ2n) is 6.62. The van der Waals surface area contributed by atoms with Crippen molar-refractivity contribution in [2.24, 2.45) is 0 Å². The first-order valence-electron chi connectivity index (χ1n) is 8.22. The summed E-state index contributed by atoms with van der Waals surface area (Å²) >= 11 is 1.22. The third-order valence-corrected chi connectivity index (χ3v) is 7.92. The lowest BCUT2D eigenvalue weighted by Crippen LogP contribution is -2.54. The van der Waals surface area contributed by atoms with E-state index in [0.29, 0.717) is 30.4 Å². The van der Waals surface area contributed by atoms with E-state index in [2.05, 4.69) is 0 Å². The molecule has 1 aliphatic rings. The topological polar surface area (TPSA) is 57.7 Å². The summed E-state index contributed by atoms with van der Waals surface area (Å²) in [4.78, 5) is 14.7. The van der Waals surface area contributed by atoms with Gasteiger partial charge in [0.2, 0.25) is 5.91 Å². The zero-order valence-corrected chi connectivity index (χ0v) is 16.0. The van der Waals surface area contributed by atoms with Crippen molar-refractivity contribution in [1.82, 2.24) is 9.21 Å². The zero-order chi connectivity index (χ0) is 18.1. The molecule has 1 saturated heterocycles. The molecule has 0 spiro atoms. The fourth-order valence-corrected chi connectivity index (χ4v) is 5.61. The summed E-state index contributed by atoms with van der Waals surface area (Å²) in [7, 11) is -3.44. The first-order chi connectivity index (χ1) is 11.8. The predicted molar refractivity (Wildman–Crippen MR) is 99.1 cm³/mol. The van der Waals surface area contributed by atoms with Crippen LogP contribution in [0.5, 0.6) is 0 Å². The van der Waals surface area contributed by atoms with E-state index in [1.54, 1.807) is 22.4 Å². The molecule has 0 N–H and O–H groups in total. The molecule has 0 aliphatic carbocycles. The summed E-state index contributed by atoms with van der Waals surface area (Å²) in [5, 5.41) is 1.76. The van der Waals surface area contributed by atoms with Gasteiger partial charge in [-0.15, -0.1) is 11.3 Å². The van der Waals surface area contributed by atoms with Crippen LogP contribution in [0, 0.1) is 0 Å². The highest BCUT2D eigenvalue weighted by atomic mass is 32.2. The average Bonchev–Trinajstić information content (AvgIpc) is 3.17. The van der Waals surface area contributed by atoms with Gasteiger partial charge in [0.15, 0.2) is 0 Å². The van der Waals surface area contributed by atoms with Crippen LogP contribution in [0.25, 0.3) is 0 Å². The summed E-state index contributed by atoms with van der Waals surface area (Å²) in [6.07, 6.45) is 0. The van der Waals surface area contributed by atoms with Gasteiger partial charge in [0.05, 0.1) is 5.41 Å². The molecule has 1 fully saturated rings. The van der Waals surface area contributed by atoms with Crippen LogP contribution in [-0.2, 0) is 20.2 Å². The maximum Gasteiger partial charge on any atom is 0.252 e. The molecule has 1 amide bonds. The number of thiophene rings is 1. The highest BCUT2D eigenvalue weighted by Gasteiger charge is 2.37. The van der Waals surface area contributed by atoms with Crippen LogP contribution in [-0.4, -0.2) is 49.7 Å². The van der Waals surface area contributed by atoms with E-state index in [1.165, 1.54) is 15.6 Å². The van der Waals surface area contributed by atoms with Gasteiger partial charge >= 0.3 is 0 Å². The second kappa shape index (κ2) is 6.90. The van der Waals surface area contributed by atoms with Crippen molar-refractivity contribution in [2.75, 3.05) is 26.2 Å². The Morgan fingerprint density at radius 1 is 1.00 bits per heavy atom. The number of nitrogens with zero attached hydrogens (tertiary/aromatic N) is 2. The van der Waals surface area contributed by atoms with Gasteiger partial charge in [-0.1, -0.05) is 36.4 Å². The fraction of sp³-hybridized carbons (Fsp3) is 0.389. The molecule has 1 aliphatic heterocycles. The van der Waals surface area contributed by atoms with Gasteiger partial charge in [-0.05, 0) is 30.9 Å². The minimum Gasteiger partial charge on any atom is -0.339 e. The van der Waals surface area contributed by atoms with Crippen LogP contribution in [0.15, 0.2) is 52.1 Å². The van der Waals surface area contributed by atoms with E-state index in [-0.39, 0.29) is 5.91 Å².